The lowest BCUT2D eigenvalue weighted by atomic mass is 10.0. The van der Waals surface area contributed by atoms with Gasteiger partial charge in [0.2, 0.25) is 5.91 Å². The van der Waals surface area contributed by atoms with Crippen molar-refractivity contribution in [1.82, 2.24) is 9.97 Å². The molecule has 3 aromatic carbocycles. The SMILES string of the molecule is O=C(CCCc1ccccc1)Nc1nc2c(nc1Cc1ccccc1)-c1ccc(O)cc1CCC2. The van der Waals surface area contributed by atoms with Crippen LogP contribution in [0.25, 0.3) is 11.3 Å². The largest absolute Gasteiger partial charge is 0.508 e. The fourth-order valence-electron chi connectivity index (χ4n) is 4.66. The number of hydrogen-bond donors (Lipinski definition) is 2. The Hall–Kier alpha value is -3.99. The molecule has 35 heavy (non-hydrogen) atoms. The number of anilines is 1. The molecule has 1 heterocycles. The van der Waals surface area contributed by atoms with Crippen molar-refractivity contribution in [3.63, 3.8) is 0 Å². The van der Waals surface area contributed by atoms with E-state index in [0.29, 0.717) is 18.7 Å². The summed E-state index contributed by atoms with van der Waals surface area (Å²) in [6, 6.07) is 25.8. The average Bonchev–Trinajstić information content (AvgIpc) is 3.04. The summed E-state index contributed by atoms with van der Waals surface area (Å²) < 4.78 is 0. The summed E-state index contributed by atoms with van der Waals surface area (Å²) in [4.78, 5) is 22.9. The van der Waals surface area contributed by atoms with Crippen LogP contribution in [0.2, 0.25) is 0 Å². The number of benzene rings is 3. The zero-order chi connectivity index (χ0) is 24.0. The molecule has 176 valence electrons. The van der Waals surface area contributed by atoms with Gasteiger partial charge in [-0.2, -0.15) is 0 Å². The van der Waals surface area contributed by atoms with Gasteiger partial charge in [-0.1, -0.05) is 60.7 Å². The van der Waals surface area contributed by atoms with Gasteiger partial charge in [-0.15, -0.1) is 0 Å². The number of rotatable bonds is 7. The van der Waals surface area contributed by atoms with E-state index in [1.165, 1.54) is 5.56 Å². The highest BCUT2D eigenvalue weighted by atomic mass is 16.3. The predicted molar refractivity (Wildman–Crippen MR) is 138 cm³/mol. The summed E-state index contributed by atoms with van der Waals surface area (Å²) in [6.45, 7) is 0. The van der Waals surface area contributed by atoms with Gasteiger partial charge >= 0.3 is 0 Å². The zero-order valence-electron chi connectivity index (χ0n) is 19.7. The lowest BCUT2D eigenvalue weighted by Gasteiger charge is -2.15. The van der Waals surface area contributed by atoms with Crippen LogP contribution in [0.1, 0.15) is 47.3 Å². The van der Waals surface area contributed by atoms with Crippen LogP contribution in [-0.2, 0) is 30.5 Å². The number of carbonyl (C=O) groups is 1. The van der Waals surface area contributed by atoms with Gasteiger partial charge in [0.05, 0.1) is 17.1 Å². The van der Waals surface area contributed by atoms with Crippen molar-refractivity contribution in [2.45, 2.75) is 44.9 Å². The number of aromatic hydroxyl groups is 1. The number of phenols is 1. The van der Waals surface area contributed by atoms with Crippen LogP contribution >= 0.6 is 0 Å². The van der Waals surface area contributed by atoms with Crippen molar-refractivity contribution in [2.75, 3.05) is 5.32 Å². The van der Waals surface area contributed by atoms with Gasteiger partial charge < -0.3 is 10.4 Å². The van der Waals surface area contributed by atoms with E-state index in [-0.39, 0.29) is 11.7 Å². The highest BCUT2D eigenvalue weighted by Gasteiger charge is 2.21. The van der Waals surface area contributed by atoms with Gasteiger partial charge in [0.25, 0.3) is 0 Å². The Bertz CT molecular complexity index is 1320. The first-order valence-corrected chi connectivity index (χ1v) is 12.3. The Kier molecular flexibility index (Phi) is 6.85. The van der Waals surface area contributed by atoms with Crippen LogP contribution < -0.4 is 5.32 Å². The number of phenolic OH excluding ortho intramolecular Hbond substituents is 1. The number of amides is 1. The minimum absolute atomic E-state index is 0.0385. The van der Waals surface area contributed by atoms with Crippen molar-refractivity contribution in [3.8, 4) is 17.0 Å². The Labute approximate surface area is 205 Å². The van der Waals surface area contributed by atoms with Crippen molar-refractivity contribution in [2.24, 2.45) is 0 Å². The fraction of sp³-hybridized carbons (Fsp3) is 0.233. The van der Waals surface area contributed by atoms with E-state index in [4.69, 9.17) is 9.97 Å². The number of aromatic nitrogens is 2. The second-order valence-corrected chi connectivity index (χ2v) is 9.06. The number of nitrogens with one attached hydrogen (secondary N) is 1. The van der Waals surface area contributed by atoms with Crippen LogP contribution in [0.4, 0.5) is 5.82 Å². The summed E-state index contributed by atoms with van der Waals surface area (Å²) in [7, 11) is 0. The third-order valence-corrected chi connectivity index (χ3v) is 6.43. The van der Waals surface area contributed by atoms with Crippen LogP contribution in [-0.4, -0.2) is 21.0 Å². The van der Waals surface area contributed by atoms with Crippen molar-refractivity contribution < 1.29 is 9.90 Å². The number of fused-ring (bicyclic) bond motifs is 3. The molecule has 0 saturated carbocycles. The molecule has 0 fully saturated rings. The third kappa shape index (κ3) is 5.57. The minimum Gasteiger partial charge on any atom is -0.508 e. The molecule has 2 N–H and O–H groups in total. The summed E-state index contributed by atoms with van der Waals surface area (Å²) in [5.74, 6) is 0.784. The van der Waals surface area contributed by atoms with E-state index in [1.54, 1.807) is 6.07 Å². The zero-order valence-corrected chi connectivity index (χ0v) is 19.7. The maximum absolute atomic E-state index is 12.9. The standard InChI is InChI=1S/C30H29N3O2/c34-24-17-18-25-23(20-24)14-8-15-26-29(25)31-27(19-22-11-5-2-6-12-22)30(32-26)33-28(35)16-7-13-21-9-3-1-4-10-21/h1-6,9-12,17-18,20,34H,7-8,13-16,19H2,(H,32,33,35). The topological polar surface area (TPSA) is 75.1 Å². The van der Waals surface area contributed by atoms with Crippen LogP contribution in [0.5, 0.6) is 5.75 Å². The molecule has 0 spiro atoms. The highest BCUT2D eigenvalue weighted by molar-refractivity contribution is 5.90. The van der Waals surface area contributed by atoms with Crippen LogP contribution in [0.3, 0.4) is 0 Å². The maximum Gasteiger partial charge on any atom is 0.225 e. The highest BCUT2D eigenvalue weighted by Crippen LogP contribution is 2.34. The average molecular weight is 464 g/mol. The molecule has 1 amide bonds. The predicted octanol–water partition coefficient (Wildman–Crippen LogP) is 5.89. The van der Waals surface area contributed by atoms with Gasteiger partial charge in [0.15, 0.2) is 5.82 Å². The van der Waals surface area contributed by atoms with E-state index >= 15 is 0 Å². The fourth-order valence-corrected chi connectivity index (χ4v) is 4.66. The molecule has 0 saturated heterocycles. The Balaban J connectivity index is 1.42. The molecule has 0 radical (unpaired) electrons. The second-order valence-electron chi connectivity index (χ2n) is 9.06. The lowest BCUT2D eigenvalue weighted by Crippen LogP contribution is -2.17. The monoisotopic (exact) mass is 463 g/mol. The van der Waals surface area contributed by atoms with Gasteiger partial charge in [-0.3, -0.25) is 4.79 Å². The molecular weight excluding hydrogens is 434 g/mol. The lowest BCUT2D eigenvalue weighted by molar-refractivity contribution is -0.116. The van der Waals surface area contributed by atoms with E-state index in [2.05, 4.69) is 29.6 Å². The summed E-state index contributed by atoms with van der Waals surface area (Å²) in [5.41, 5.74) is 6.95. The van der Waals surface area contributed by atoms with Crippen molar-refractivity contribution in [1.29, 1.82) is 0 Å². The van der Waals surface area contributed by atoms with E-state index < -0.39 is 0 Å². The molecule has 1 aromatic heterocycles. The summed E-state index contributed by atoms with van der Waals surface area (Å²) >= 11 is 0. The summed E-state index contributed by atoms with van der Waals surface area (Å²) in [5, 5.41) is 13.0. The summed E-state index contributed by atoms with van der Waals surface area (Å²) in [6.07, 6.45) is 5.20. The molecule has 0 aliphatic heterocycles. The maximum atomic E-state index is 12.9. The number of carbonyl (C=O) groups excluding carboxylic acids is 1. The van der Waals surface area contributed by atoms with Crippen molar-refractivity contribution in [3.05, 3.63) is 107 Å². The molecule has 0 unspecified atom stereocenters. The number of aryl methyl sites for hydroxylation is 3. The third-order valence-electron chi connectivity index (χ3n) is 6.43. The second kappa shape index (κ2) is 10.5. The first-order chi connectivity index (χ1) is 17.2. The van der Waals surface area contributed by atoms with Crippen LogP contribution in [0.15, 0.2) is 78.9 Å². The van der Waals surface area contributed by atoms with Gasteiger partial charge in [0.1, 0.15) is 5.75 Å². The van der Waals surface area contributed by atoms with Crippen molar-refractivity contribution >= 4 is 11.7 Å². The van der Waals surface area contributed by atoms with E-state index in [0.717, 1.165) is 65.9 Å². The molecule has 0 bridgehead atoms. The van der Waals surface area contributed by atoms with E-state index in [1.807, 2.05) is 48.5 Å². The molecule has 1 aliphatic rings. The Morgan fingerprint density at radius 1 is 0.886 bits per heavy atom. The molecule has 5 rings (SSSR count). The first kappa shape index (κ1) is 22.8. The van der Waals surface area contributed by atoms with Gasteiger partial charge in [-0.25, -0.2) is 9.97 Å². The molecular formula is C30H29N3O2. The van der Waals surface area contributed by atoms with Gasteiger partial charge in [-0.05, 0) is 67.0 Å². The smallest absolute Gasteiger partial charge is 0.225 e. The molecule has 1 aliphatic carbocycles. The quantitative estimate of drug-likeness (QED) is 0.358. The molecule has 0 atom stereocenters. The number of nitrogens with zero attached hydrogens (tertiary/aromatic N) is 2. The molecule has 5 nitrogen and oxygen atoms in total. The normalized spacial score (nSPS) is 12.3. The minimum atomic E-state index is -0.0385. The Morgan fingerprint density at radius 2 is 1.63 bits per heavy atom. The van der Waals surface area contributed by atoms with Crippen LogP contribution in [0, 0.1) is 0 Å². The number of hydrogen-bond acceptors (Lipinski definition) is 4. The van der Waals surface area contributed by atoms with E-state index in [9.17, 15) is 9.90 Å². The molecule has 5 heteroatoms. The van der Waals surface area contributed by atoms with Gasteiger partial charge in [0, 0.05) is 18.4 Å². The first-order valence-electron chi connectivity index (χ1n) is 12.3. The molecule has 4 aromatic rings. The Morgan fingerprint density at radius 3 is 2.40 bits per heavy atom.